The van der Waals surface area contributed by atoms with E-state index in [1.807, 2.05) is 24.0 Å². The summed E-state index contributed by atoms with van der Waals surface area (Å²) in [7, 11) is 0. The highest BCUT2D eigenvalue weighted by Crippen LogP contribution is 2.18. The van der Waals surface area contributed by atoms with Crippen LogP contribution < -0.4 is 0 Å². The van der Waals surface area contributed by atoms with Crippen LogP contribution in [0.15, 0.2) is 12.2 Å². The van der Waals surface area contributed by atoms with E-state index in [9.17, 15) is 4.79 Å². The second-order valence-electron chi connectivity index (χ2n) is 3.97. The summed E-state index contributed by atoms with van der Waals surface area (Å²) < 4.78 is 0. The molecule has 0 aliphatic carbocycles. The maximum Gasteiger partial charge on any atom is 0.321 e. The smallest absolute Gasteiger partial charge is 0.321 e. The zero-order valence-corrected chi connectivity index (χ0v) is 8.94. The van der Waals surface area contributed by atoms with Gasteiger partial charge in [0.15, 0.2) is 0 Å². The number of carboxylic acid groups (broad SMARTS) is 1. The van der Waals surface area contributed by atoms with E-state index >= 15 is 0 Å². The monoisotopic (exact) mass is 197 g/mol. The van der Waals surface area contributed by atoms with Gasteiger partial charge in [0.2, 0.25) is 0 Å². The molecule has 3 heteroatoms. The Bertz CT molecular complexity index is 217. The van der Waals surface area contributed by atoms with Gasteiger partial charge in [0.05, 0.1) is 0 Å². The zero-order valence-electron chi connectivity index (χ0n) is 8.94. The van der Waals surface area contributed by atoms with E-state index in [-0.39, 0.29) is 12.0 Å². The van der Waals surface area contributed by atoms with Gasteiger partial charge in [0, 0.05) is 13.1 Å². The zero-order chi connectivity index (χ0) is 10.6. The first-order valence-corrected chi connectivity index (χ1v) is 5.28. The first-order chi connectivity index (χ1) is 6.66. The summed E-state index contributed by atoms with van der Waals surface area (Å²) in [4.78, 5) is 13.1. The van der Waals surface area contributed by atoms with Crippen molar-refractivity contribution in [3.05, 3.63) is 12.2 Å². The van der Waals surface area contributed by atoms with Crippen LogP contribution in [0.25, 0.3) is 0 Å². The van der Waals surface area contributed by atoms with Crippen molar-refractivity contribution in [1.29, 1.82) is 0 Å². The van der Waals surface area contributed by atoms with Crippen LogP contribution in [0.5, 0.6) is 0 Å². The number of carboxylic acids is 1. The lowest BCUT2D eigenvalue weighted by Crippen LogP contribution is -2.44. The topological polar surface area (TPSA) is 40.5 Å². The van der Waals surface area contributed by atoms with Crippen LogP contribution >= 0.6 is 0 Å². The molecule has 14 heavy (non-hydrogen) atoms. The molecular weight excluding hydrogens is 178 g/mol. The van der Waals surface area contributed by atoms with Gasteiger partial charge in [-0.2, -0.15) is 0 Å². The highest BCUT2D eigenvalue weighted by atomic mass is 16.4. The molecule has 1 aliphatic rings. The number of hydrogen-bond acceptors (Lipinski definition) is 2. The van der Waals surface area contributed by atoms with Gasteiger partial charge in [-0.3, -0.25) is 9.69 Å². The SMILES string of the molecule is CCCC(C)C(C(=O)O)N1CC=CC1. The maximum atomic E-state index is 11.1. The molecule has 1 heterocycles. The average molecular weight is 197 g/mol. The summed E-state index contributed by atoms with van der Waals surface area (Å²) in [5.74, 6) is -0.452. The van der Waals surface area contributed by atoms with Gasteiger partial charge < -0.3 is 5.11 Å². The van der Waals surface area contributed by atoms with E-state index in [0.29, 0.717) is 0 Å². The van der Waals surface area contributed by atoms with Crippen molar-refractivity contribution < 1.29 is 9.90 Å². The van der Waals surface area contributed by atoms with Gasteiger partial charge in [0.25, 0.3) is 0 Å². The lowest BCUT2D eigenvalue weighted by Gasteiger charge is -2.28. The van der Waals surface area contributed by atoms with E-state index < -0.39 is 5.97 Å². The molecule has 0 fully saturated rings. The molecule has 2 atom stereocenters. The van der Waals surface area contributed by atoms with Gasteiger partial charge >= 0.3 is 5.97 Å². The standard InChI is InChI=1S/C11H19NO2/c1-3-6-9(2)10(11(13)14)12-7-4-5-8-12/h4-5,9-10H,3,6-8H2,1-2H3,(H,13,14). The fourth-order valence-electron chi connectivity index (χ4n) is 2.09. The van der Waals surface area contributed by atoms with Crippen LogP contribution in [0.2, 0.25) is 0 Å². The third-order valence-electron chi connectivity index (χ3n) is 2.78. The van der Waals surface area contributed by atoms with Crippen LogP contribution in [0.3, 0.4) is 0 Å². The minimum Gasteiger partial charge on any atom is -0.480 e. The summed E-state index contributed by atoms with van der Waals surface area (Å²) in [6.45, 7) is 5.69. The molecule has 1 rings (SSSR count). The van der Waals surface area contributed by atoms with Crippen molar-refractivity contribution in [2.24, 2.45) is 5.92 Å². The van der Waals surface area contributed by atoms with E-state index in [4.69, 9.17) is 5.11 Å². The van der Waals surface area contributed by atoms with Crippen molar-refractivity contribution in [3.8, 4) is 0 Å². The van der Waals surface area contributed by atoms with Crippen LogP contribution in [0, 0.1) is 5.92 Å². The summed E-state index contributed by atoms with van der Waals surface area (Å²) in [6, 6.07) is -0.315. The minimum absolute atomic E-state index is 0.234. The molecule has 0 amide bonds. The van der Waals surface area contributed by atoms with Crippen molar-refractivity contribution in [2.75, 3.05) is 13.1 Å². The summed E-state index contributed by atoms with van der Waals surface area (Å²) in [5, 5.41) is 9.16. The number of hydrogen-bond donors (Lipinski definition) is 1. The quantitative estimate of drug-likeness (QED) is 0.682. The van der Waals surface area contributed by atoms with Crippen LogP contribution in [-0.4, -0.2) is 35.1 Å². The molecule has 0 aromatic rings. The lowest BCUT2D eigenvalue weighted by molar-refractivity contribution is -0.144. The first kappa shape index (κ1) is 11.2. The Labute approximate surface area is 85.4 Å². The number of nitrogens with zero attached hydrogens (tertiary/aromatic N) is 1. The predicted octanol–water partition coefficient (Wildman–Crippen LogP) is 1.75. The van der Waals surface area contributed by atoms with Gasteiger partial charge in [0.1, 0.15) is 6.04 Å². The van der Waals surface area contributed by atoms with Crippen molar-refractivity contribution >= 4 is 5.97 Å². The van der Waals surface area contributed by atoms with E-state index in [1.54, 1.807) is 0 Å². The Morgan fingerprint density at radius 1 is 1.50 bits per heavy atom. The molecule has 1 aliphatic heterocycles. The lowest BCUT2D eigenvalue weighted by atomic mass is 9.96. The molecule has 2 unspecified atom stereocenters. The van der Waals surface area contributed by atoms with Crippen molar-refractivity contribution in [1.82, 2.24) is 4.90 Å². The van der Waals surface area contributed by atoms with Crippen molar-refractivity contribution in [3.63, 3.8) is 0 Å². The number of rotatable bonds is 5. The summed E-state index contributed by atoms with van der Waals surface area (Å²) >= 11 is 0. The predicted molar refractivity (Wildman–Crippen MR) is 56.2 cm³/mol. The molecular formula is C11H19NO2. The molecule has 0 aromatic carbocycles. The van der Waals surface area contributed by atoms with E-state index in [2.05, 4.69) is 6.92 Å². The largest absolute Gasteiger partial charge is 0.480 e. The summed E-state index contributed by atoms with van der Waals surface area (Å²) in [5.41, 5.74) is 0. The van der Waals surface area contributed by atoms with Gasteiger partial charge in [-0.15, -0.1) is 0 Å². The molecule has 0 spiro atoms. The molecule has 3 nitrogen and oxygen atoms in total. The second kappa shape index (κ2) is 5.15. The fraction of sp³-hybridized carbons (Fsp3) is 0.727. The third kappa shape index (κ3) is 2.58. The van der Waals surface area contributed by atoms with Gasteiger partial charge in [-0.25, -0.2) is 0 Å². The third-order valence-corrected chi connectivity index (χ3v) is 2.78. The van der Waals surface area contributed by atoms with E-state index in [0.717, 1.165) is 25.9 Å². The number of aliphatic carboxylic acids is 1. The summed E-state index contributed by atoms with van der Waals surface area (Å²) in [6.07, 6.45) is 6.10. The number of carbonyl (C=O) groups is 1. The van der Waals surface area contributed by atoms with Crippen LogP contribution in [0.1, 0.15) is 26.7 Å². The van der Waals surface area contributed by atoms with Crippen molar-refractivity contribution in [2.45, 2.75) is 32.7 Å². The Morgan fingerprint density at radius 3 is 2.50 bits per heavy atom. The minimum atomic E-state index is -0.686. The molecule has 0 bridgehead atoms. The Balaban J connectivity index is 2.58. The second-order valence-corrected chi connectivity index (χ2v) is 3.97. The van der Waals surface area contributed by atoms with Gasteiger partial charge in [-0.05, 0) is 12.3 Å². The molecule has 0 saturated carbocycles. The highest BCUT2D eigenvalue weighted by molar-refractivity contribution is 5.74. The van der Waals surface area contributed by atoms with Crippen LogP contribution in [0.4, 0.5) is 0 Å². The average Bonchev–Trinajstić information content (AvgIpc) is 2.57. The molecule has 0 aromatic heterocycles. The maximum absolute atomic E-state index is 11.1. The Hall–Kier alpha value is -0.830. The van der Waals surface area contributed by atoms with Crippen LogP contribution in [-0.2, 0) is 4.79 Å². The van der Waals surface area contributed by atoms with E-state index in [1.165, 1.54) is 0 Å². The Morgan fingerprint density at radius 2 is 2.07 bits per heavy atom. The highest BCUT2D eigenvalue weighted by Gasteiger charge is 2.30. The molecule has 0 saturated heterocycles. The normalized spacial score (nSPS) is 21.0. The molecule has 1 N–H and O–H groups in total. The Kier molecular flexibility index (Phi) is 4.14. The molecule has 80 valence electrons. The first-order valence-electron chi connectivity index (χ1n) is 5.28. The molecule has 0 radical (unpaired) electrons. The van der Waals surface area contributed by atoms with Gasteiger partial charge in [-0.1, -0.05) is 32.4 Å². The fourth-order valence-corrected chi connectivity index (χ4v) is 2.09.